The Bertz CT molecular complexity index is 255. The lowest BCUT2D eigenvalue weighted by atomic mass is 9.85. The molecule has 0 bridgehead atoms. The van der Waals surface area contributed by atoms with Crippen LogP contribution in [0.3, 0.4) is 0 Å². The Morgan fingerprint density at radius 3 is 2.10 bits per heavy atom. The fraction of sp³-hybridized carbons (Fsp3) is 0.941. The molecule has 0 saturated carbocycles. The fourth-order valence-electron chi connectivity index (χ4n) is 2.84. The summed E-state index contributed by atoms with van der Waals surface area (Å²) in [6.07, 6.45) is 8.51. The highest BCUT2D eigenvalue weighted by Crippen LogP contribution is 2.28. The van der Waals surface area contributed by atoms with Crippen molar-refractivity contribution in [1.82, 2.24) is 0 Å². The van der Waals surface area contributed by atoms with Gasteiger partial charge in [-0.05, 0) is 24.7 Å². The van der Waals surface area contributed by atoms with Crippen molar-refractivity contribution in [3.63, 3.8) is 0 Å². The van der Waals surface area contributed by atoms with Crippen molar-refractivity contribution < 1.29 is 19.7 Å². The molecule has 3 unspecified atom stereocenters. The van der Waals surface area contributed by atoms with Crippen molar-refractivity contribution in [2.45, 2.75) is 91.6 Å². The summed E-state index contributed by atoms with van der Waals surface area (Å²) in [5.41, 5.74) is 0. The first-order chi connectivity index (χ1) is 10.1. The fourth-order valence-corrected chi connectivity index (χ4v) is 2.84. The highest BCUT2D eigenvalue weighted by Gasteiger charge is 2.26. The molecule has 0 radical (unpaired) electrons. The third kappa shape index (κ3) is 9.72. The van der Waals surface area contributed by atoms with E-state index in [2.05, 4.69) is 32.6 Å². The molecule has 0 amide bonds. The second-order valence-corrected chi connectivity index (χ2v) is 5.95. The molecule has 0 aromatic heterocycles. The molecular formula is C17H34O4. The number of rotatable bonds is 13. The summed E-state index contributed by atoms with van der Waals surface area (Å²) in [6, 6.07) is 0. The van der Waals surface area contributed by atoms with Gasteiger partial charge in [0.15, 0.2) is 0 Å². The Balaban J connectivity index is 4.62. The topological polar surface area (TPSA) is 55.8 Å². The lowest BCUT2D eigenvalue weighted by Crippen LogP contribution is -2.28. The van der Waals surface area contributed by atoms with E-state index in [0.29, 0.717) is 11.8 Å². The van der Waals surface area contributed by atoms with Crippen LogP contribution in [-0.4, -0.2) is 17.4 Å². The van der Waals surface area contributed by atoms with Crippen molar-refractivity contribution in [3.8, 4) is 0 Å². The number of hydrogen-bond acceptors (Lipinski definition) is 3. The Morgan fingerprint density at radius 1 is 1.00 bits per heavy atom. The van der Waals surface area contributed by atoms with Gasteiger partial charge in [-0.1, -0.05) is 72.6 Å². The molecule has 1 N–H and O–H groups in total. The molecule has 0 aliphatic rings. The van der Waals surface area contributed by atoms with Gasteiger partial charge in [-0.2, -0.15) is 4.89 Å². The lowest BCUT2D eigenvalue weighted by Gasteiger charge is -2.27. The molecule has 0 spiro atoms. The van der Waals surface area contributed by atoms with Crippen LogP contribution in [0.1, 0.15) is 85.5 Å². The van der Waals surface area contributed by atoms with Crippen molar-refractivity contribution in [3.05, 3.63) is 0 Å². The molecule has 0 aromatic rings. The second kappa shape index (κ2) is 12.9. The number of unbranched alkanes of at least 4 members (excludes halogenated alkanes) is 2. The Kier molecular flexibility index (Phi) is 12.5. The molecule has 0 rings (SSSR count). The Morgan fingerprint density at radius 2 is 1.62 bits per heavy atom. The van der Waals surface area contributed by atoms with Crippen LogP contribution < -0.4 is 0 Å². The minimum absolute atomic E-state index is 0.112. The smallest absolute Gasteiger partial charge is 0.448 e. The van der Waals surface area contributed by atoms with E-state index in [4.69, 9.17) is 9.99 Å². The van der Waals surface area contributed by atoms with E-state index in [-0.39, 0.29) is 6.10 Å². The maximum atomic E-state index is 10.6. The first-order valence-corrected chi connectivity index (χ1v) is 8.65. The normalized spacial score (nSPS) is 15.4. The van der Waals surface area contributed by atoms with Crippen molar-refractivity contribution in [2.75, 3.05) is 0 Å². The van der Waals surface area contributed by atoms with Gasteiger partial charge in [0.2, 0.25) is 0 Å². The van der Waals surface area contributed by atoms with E-state index in [0.717, 1.165) is 38.5 Å². The molecule has 0 saturated heterocycles. The molecule has 21 heavy (non-hydrogen) atoms. The van der Waals surface area contributed by atoms with Crippen LogP contribution in [-0.2, 0) is 9.78 Å². The minimum Gasteiger partial charge on any atom is -0.448 e. The Hall–Kier alpha value is -0.770. The van der Waals surface area contributed by atoms with E-state index < -0.39 is 6.16 Å². The zero-order valence-corrected chi connectivity index (χ0v) is 14.3. The predicted molar refractivity (Wildman–Crippen MR) is 85.2 cm³/mol. The molecule has 126 valence electrons. The van der Waals surface area contributed by atoms with Gasteiger partial charge in [0.1, 0.15) is 6.10 Å². The van der Waals surface area contributed by atoms with Crippen molar-refractivity contribution in [1.29, 1.82) is 0 Å². The highest BCUT2D eigenvalue weighted by molar-refractivity contribution is 5.55. The van der Waals surface area contributed by atoms with E-state index in [1.807, 2.05) is 0 Å². The van der Waals surface area contributed by atoms with Crippen molar-refractivity contribution >= 4 is 6.16 Å². The number of hydrogen-bond donors (Lipinski definition) is 1. The summed E-state index contributed by atoms with van der Waals surface area (Å²) in [6.45, 7) is 8.71. The minimum atomic E-state index is -1.35. The van der Waals surface area contributed by atoms with Crippen molar-refractivity contribution in [2.24, 2.45) is 11.8 Å². The molecule has 0 fully saturated rings. The quantitative estimate of drug-likeness (QED) is 0.345. The average Bonchev–Trinajstić information content (AvgIpc) is 2.48. The third-order valence-corrected chi connectivity index (χ3v) is 4.33. The summed E-state index contributed by atoms with van der Waals surface area (Å²) in [5.74, 6) is 0.961. The van der Waals surface area contributed by atoms with E-state index in [1.165, 1.54) is 19.3 Å². The second-order valence-electron chi connectivity index (χ2n) is 5.95. The van der Waals surface area contributed by atoms with Crippen LogP contribution in [0.2, 0.25) is 0 Å². The van der Waals surface area contributed by atoms with Gasteiger partial charge in [-0.25, -0.2) is 4.79 Å². The molecule has 4 nitrogen and oxygen atoms in total. The number of carbonyl (C=O) groups is 1. The van der Waals surface area contributed by atoms with Crippen LogP contribution >= 0.6 is 0 Å². The molecular weight excluding hydrogens is 268 g/mol. The van der Waals surface area contributed by atoms with Gasteiger partial charge < -0.3 is 5.11 Å². The molecule has 0 aliphatic heterocycles. The van der Waals surface area contributed by atoms with Gasteiger partial charge in [0.05, 0.1) is 0 Å². The van der Waals surface area contributed by atoms with E-state index in [9.17, 15) is 4.79 Å². The molecule has 3 atom stereocenters. The third-order valence-electron chi connectivity index (χ3n) is 4.33. The summed E-state index contributed by atoms with van der Waals surface area (Å²) in [5, 5.41) is 8.68. The SMILES string of the molecule is CCCCC(CC)CC(OOC(=O)O)C(CC)CCCC. The summed E-state index contributed by atoms with van der Waals surface area (Å²) in [4.78, 5) is 20.3. The zero-order valence-electron chi connectivity index (χ0n) is 14.3. The van der Waals surface area contributed by atoms with Gasteiger partial charge in [0.25, 0.3) is 0 Å². The van der Waals surface area contributed by atoms with Crippen LogP contribution in [0.25, 0.3) is 0 Å². The molecule has 4 heteroatoms. The monoisotopic (exact) mass is 302 g/mol. The van der Waals surface area contributed by atoms with Crippen LogP contribution in [0, 0.1) is 11.8 Å². The van der Waals surface area contributed by atoms with Crippen LogP contribution in [0.15, 0.2) is 0 Å². The largest absolute Gasteiger partial charge is 0.537 e. The van der Waals surface area contributed by atoms with Gasteiger partial charge >= 0.3 is 6.16 Å². The highest BCUT2D eigenvalue weighted by atomic mass is 17.2. The maximum absolute atomic E-state index is 10.6. The Labute approximate surface area is 130 Å². The summed E-state index contributed by atoms with van der Waals surface area (Å²) < 4.78 is 0. The number of carboxylic acid groups (broad SMARTS) is 1. The zero-order chi connectivity index (χ0) is 16.1. The summed E-state index contributed by atoms with van der Waals surface area (Å²) in [7, 11) is 0. The van der Waals surface area contributed by atoms with E-state index in [1.54, 1.807) is 0 Å². The van der Waals surface area contributed by atoms with Crippen LogP contribution in [0.5, 0.6) is 0 Å². The van der Waals surface area contributed by atoms with Gasteiger partial charge in [0, 0.05) is 0 Å². The molecule has 0 aromatic carbocycles. The first kappa shape index (κ1) is 20.2. The lowest BCUT2D eigenvalue weighted by molar-refractivity contribution is -0.298. The van der Waals surface area contributed by atoms with Crippen LogP contribution in [0.4, 0.5) is 4.79 Å². The maximum Gasteiger partial charge on any atom is 0.537 e. The predicted octanol–water partition coefficient (Wildman–Crippen LogP) is 5.80. The standard InChI is InChI=1S/C17H34O4/c1-5-9-11-14(7-3)13-16(20-21-17(18)19)15(8-4)12-10-6-2/h14-16H,5-13H2,1-4H3,(H,18,19). The molecule has 0 aliphatic carbocycles. The van der Waals surface area contributed by atoms with Gasteiger partial charge in [-0.3, -0.25) is 4.89 Å². The average molecular weight is 302 g/mol. The van der Waals surface area contributed by atoms with E-state index >= 15 is 0 Å². The van der Waals surface area contributed by atoms with Gasteiger partial charge in [-0.15, -0.1) is 0 Å². The molecule has 0 heterocycles. The summed E-state index contributed by atoms with van der Waals surface area (Å²) >= 11 is 0. The first-order valence-electron chi connectivity index (χ1n) is 8.65.